The molecule has 1 aromatic heterocycles. The Morgan fingerprint density at radius 1 is 1.02 bits per heavy atom. The van der Waals surface area contributed by atoms with Crippen LogP contribution in [0, 0.1) is 6.92 Å². The Hall–Kier alpha value is -2.92. The van der Waals surface area contributed by atoms with E-state index in [0.717, 1.165) is 33.4 Å². The molecule has 6 nitrogen and oxygen atoms in total. The van der Waals surface area contributed by atoms with Crippen LogP contribution in [0.5, 0.6) is 0 Å². The van der Waals surface area contributed by atoms with Crippen LogP contribution < -0.4 is 24.2 Å². The molecule has 0 aliphatic rings. The second kappa shape index (κ2) is 15.2. The van der Waals surface area contributed by atoms with E-state index in [1.807, 2.05) is 79.9 Å². The van der Waals surface area contributed by atoms with Crippen LogP contribution in [-0.4, -0.2) is 35.0 Å². The predicted molar refractivity (Wildman–Crippen MR) is 157 cm³/mol. The summed E-state index contributed by atoms with van der Waals surface area (Å²) < 4.78 is 11.6. The van der Waals surface area contributed by atoms with Gasteiger partial charge in [-0.15, -0.1) is 0 Å². The fraction of sp³-hybridized carbons (Fsp3) is 0.226. The van der Waals surface area contributed by atoms with Crippen molar-refractivity contribution in [2.24, 2.45) is 0 Å². The predicted octanol–water partition coefficient (Wildman–Crippen LogP) is 4.34. The number of carbonyl (C=O) groups excluding carboxylic acids is 1. The molecular weight excluding hydrogens is 541 g/mol. The average molecular weight is 572 g/mol. The molecule has 1 atom stereocenters. The number of ether oxygens (including phenoxy) is 1. The van der Waals surface area contributed by atoms with E-state index in [1.54, 1.807) is 24.1 Å². The molecule has 0 aliphatic heterocycles. The number of carboxylic acid groups (broad SMARTS) is 1. The monoisotopic (exact) mass is 571 g/mol. The number of thioether (sulfide) groups is 1. The van der Waals surface area contributed by atoms with Gasteiger partial charge in [0.15, 0.2) is 0 Å². The number of aryl methyl sites for hydroxylation is 1. The van der Waals surface area contributed by atoms with Crippen molar-refractivity contribution in [3.8, 4) is 22.3 Å². The summed E-state index contributed by atoms with van der Waals surface area (Å²) in [7, 11) is 0. The average Bonchev–Trinajstić information content (AvgIpc) is 3.40. The molecular formula is C31H31ClLiNO5S. The van der Waals surface area contributed by atoms with Crippen LogP contribution in [0.4, 0.5) is 0 Å². The molecule has 0 spiro atoms. The molecule has 3 aromatic carbocycles. The zero-order valence-corrected chi connectivity index (χ0v) is 24.4. The van der Waals surface area contributed by atoms with Crippen LogP contribution in [-0.2, 0) is 22.7 Å². The minimum atomic E-state index is -1.04. The van der Waals surface area contributed by atoms with Crippen LogP contribution in [0.2, 0.25) is 5.02 Å². The van der Waals surface area contributed by atoms with Crippen molar-refractivity contribution in [3.05, 3.63) is 107 Å². The Bertz CT molecular complexity index is 1450. The fourth-order valence-corrected chi connectivity index (χ4v) is 4.82. The maximum absolute atomic E-state index is 13.2. The van der Waals surface area contributed by atoms with Crippen LogP contribution >= 0.6 is 23.4 Å². The summed E-state index contributed by atoms with van der Waals surface area (Å²) in [4.78, 5) is 25.0. The Kier molecular flexibility index (Phi) is 12.0. The molecule has 0 unspecified atom stereocenters. The molecule has 4 aromatic rings. The van der Waals surface area contributed by atoms with Gasteiger partial charge in [0, 0.05) is 16.1 Å². The SMILES string of the molecule is CSCC[C@H](NC(=O)c1ccc(COCc2cc(-c3ccc(Cl)cc3)co2)cc1-c1ccccc1C)C(=O)O.[H-].[Li+]. The van der Waals surface area contributed by atoms with Crippen molar-refractivity contribution in [1.82, 2.24) is 5.32 Å². The summed E-state index contributed by atoms with van der Waals surface area (Å²) in [5.41, 5.74) is 5.88. The Morgan fingerprint density at radius 2 is 1.77 bits per heavy atom. The molecule has 40 heavy (non-hydrogen) atoms. The van der Waals surface area contributed by atoms with E-state index in [9.17, 15) is 14.7 Å². The number of furan rings is 1. The van der Waals surface area contributed by atoms with Gasteiger partial charge in [0.2, 0.25) is 0 Å². The minimum Gasteiger partial charge on any atom is -1.00 e. The molecule has 4 rings (SSSR count). The third-order valence-corrected chi connectivity index (χ3v) is 7.22. The number of nitrogens with one attached hydrogen (secondary N) is 1. The molecule has 0 radical (unpaired) electrons. The van der Waals surface area contributed by atoms with Crippen molar-refractivity contribution in [3.63, 3.8) is 0 Å². The first-order valence-corrected chi connectivity index (χ1v) is 14.3. The van der Waals surface area contributed by atoms with Gasteiger partial charge in [0.1, 0.15) is 18.4 Å². The Labute approximate surface area is 257 Å². The Morgan fingerprint density at radius 3 is 2.48 bits per heavy atom. The number of hydrogen-bond acceptors (Lipinski definition) is 5. The summed E-state index contributed by atoms with van der Waals surface area (Å²) in [6, 6.07) is 21.8. The molecule has 0 fully saturated rings. The van der Waals surface area contributed by atoms with E-state index >= 15 is 0 Å². The van der Waals surface area contributed by atoms with E-state index in [4.69, 9.17) is 20.8 Å². The molecule has 0 bridgehead atoms. The van der Waals surface area contributed by atoms with Gasteiger partial charge < -0.3 is 21.0 Å². The smallest absolute Gasteiger partial charge is 1.00 e. The first-order chi connectivity index (χ1) is 18.9. The van der Waals surface area contributed by atoms with E-state index in [2.05, 4.69) is 5.32 Å². The zero-order valence-electron chi connectivity index (χ0n) is 23.8. The minimum absolute atomic E-state index is 0. The standard InChI is InChI=1S/C31H30ClNO5S.Li.H/c1-20-5-3-4-6-26(20)28-15-21(7-12-27(28)30(34)33-29(31(35)36)13-14-39-2)17-37-19-25-16-23(18-38-25)22-8-10-24(32)11-9-22;;/h3-12,15-16,18,29H,13-14,17,19H2,1-2H3,(H,33,34)(H,35,36);;/q;+1;-1/t29-;;/m0../s1. The molecule has 2 N–H and O–H groups in total. The molecule has 0 saturated heterocycles. The molecule has 0 saturated carbocycles. The van der Waals surface area contributed by atoms with Crippen molar-refractivity contribution in [2.75, 3.05) is 12.0 Å². The molecule has 204 valence electrons. The molecule has 9 heteroatoms. The molecule has 1 amide bonds. The van der Waals surface area contributed by atoms with Gasteiger partial charge >= 0.3 is 24.8 Å². The fourth-order valence-electron chi connectivity index (χ4n) is 4.23. The van der Waals surface area contributed by atoms with Crippen molar-refractivity contribution < 1.29 is 44.1 Å². The number of carbonyl (C=O) groups is 2. The van der Waals surface area contributed by atoms with E-state index in [1.165, 1.54) is 0 Å². The van der Waals surface area contributed by atoms with Gasteiger partial charge in [0.05, 0.1) is 12.9 Å². The van der Waals surface area contributed by atoms with Crippen molar-refractivity contribution in [1.29, 1.82) is 0 Å². The van der Waals surface area contributed by atoms with Gasteiger partial charge in [-0.25, -0.2) is 4.79 Å². The number of amides is 1. The van der Waals surface area contributed by atoms with E-state index in [-0.39, 0.29) is 26.9 Å². The number of hydrogen-bond donors (Lipinski definition) is 2. The van der Waals surface area contributed by atoms with Crippen LogP contribution in [0.1, 0.15) is 35.1 Å². The number of aliphatic carboxylic acids is 1. The molecule has 0 aliphatic carbocycles. The summed E-state index contributed by atoms with van der Waals surface area (Å²) in [5.74, 6) is -0.133. The van der Waals surface area contributed by atoms with E-state index < -0.39 is 17.9 Å². The summed E-state index contributed by atoms with van der Waals surface area (Å²) >= 11 is 7.52. The third kappa shape index (κ3) is 8.29. The number of carboxylic acids is 1. The third-order valence-electron chi connectivity index (χ3n) is 6.32. The van der Waals surface area contributed by atoms with Gasteiger partial charge in [0.25, 0.3) is 5.91 Å². The second-order valence-electron chi connectivity index (χ2n) is 9.14. The second-order valence-corrected chi connectivity index (χ2v) is 10.6. The summed E-state index contributed by atoms with van der Waals surface area (Å²) in [6.07, 6.45) is 3.94. The Balaban J connectivity index is 0.00000294. The maximum Gasteiger partial charge on any atom is 1.00 e. The first-order valence-electron chi connectivity index (χ1n) is 12.5. The topological polar surface area (TPSA) is 88.8 Å². The van der Waals surface area contributed by atoms with Gasteiger partial charge in [-0.2, -0.15) is 11.8 Å². The van der Waals surface area contributed by atoms with E-state index in [0.29, 0.717) is 35.1 Å². The first kappa shape index (κ1) is 31.6. The van der Waals surface area contributed by atoms with Crippen LogP contribution in [0.3, 0.4) is 0 Å². The molecule has 1 heterocycles. The largest absolute Gasteiger partial charge is 1.00 e. The van der Waals surface area contributed by atoms with Gasteiger partial charge in [-0.05, 0) is 83.5 Å². The van der Waals surface area contributed by atoms with Crippen molar-refractivity contribution in [2.45, 2.75) is 32.6 Å². The van der Waals surface area contributed by atoms with Crippen LogP contribution in [0.15, 0.2) is 83.5 Å². The number of rotatable bonds is 12. The zero-order chi connectivity index (χ0) is 27.8. The quantitative estimate of drug-likeness (QED) is 0.246. The summed E-state index contributed by atoms with van der Waals surface area (Å²) in [6.45, 7) is 2.57. The van der Waals surface area contributed by atoms with Gasteiger partial charge in [-0.1, -0.05) is 54.1 Å². The number of benzene rings is 3. The van der Waals surface area contributed by atoms with Crippen LogP contribution in [0.25, 0.3) is 22.3 Å². The summed E-state index contributed by atoms with van der Waals surface area (Å²) in [5, 5.41) is 13.0. The van der Waals surface area contributed by atoms with Crippen molar-refractivity contribution >= 4 is 35.2 Å². The number of halogens is 1. The van der Waals surface area contributed by atoms with Gasteiger partial charge in [-0.3, -0.25) is 4.79 Å². The normalized spacial score (nSPS) is 11.5. The maximum atomic E-state index is 13.2.